The molecule has 3 rings (SSSR count). The molecule has 0 fully saturated rings. The highest BCUT2D eigenvalue weighted by molar-refractivity contribution is 6.33. The van der Waals surface area contributed by atoms with E-state index in [9.17, 15) is 4.39 Å². The molecule has 0 aromatic heterocycles. The van der Waals surface area contributed by atoms with E-state index in [1.807, 2.05) is 60.7 Å². The van der Waals surface area contributed by atoms with E-state index in [-0.39, 0.29) is 5.56 Å². The maximum atomic E-state index is 13.8. The van der Waals surface area contributed by atoms with Crippen LogP contribution in [0.25, 0.3) is 0 Å². The quantitative estimate of drug-likeness (QED) is 0.453. The minimum atomic E-state index is -0.428. The summed E-state index contributed by atoms with van der Waals surface area (Å²) in [6, 6.07) is 24.0. The van der Waals surface area contributed by atoms with E-state index in [1.54, 1.807) is 12.1 Å². The highest BCUT2D eigenvalue weighted by atomic mass is 35.5. The first-order valence-electron chi connectivity index (χ1n) is 7.41. The predicted molar refractivity (Wildman–Crippen MR) is 97.5 cm³/mol. The maximum absolute atomic E-state index is 13.8. The Labute approximate surface area is 145 Å². The lowest BCUT2D eigenvalue weighted by atomic mass is 10.0. The van der Waals surface area contributed by atoms with Crippen molar-refractivity contribution in [2.24, 2.45) is 10.2 Å². The van der Waals surface area contributed by atoms with Crippen molar-refractivity contribution in [2.75, 3.05) is 0 Å². The fourth-order valence-corrected chi connectivity index (χ4v) is 2.46. The Morgan fingerprint density at radius 2 is 1.38 bits per heavy atom. The molecule has 118 valence electrons. The van der Waals surface area contributed by atoms with Crippen LogP contribution in [-0.2, 0) is 0 Å². The number of benzene rings is 3. The van der Waals surface area contributed by atoms with Gasteiger partial charge in [-0.1, -0.05) is 78.3 Å². The standard InChI is InChI=1S/C20H14ClFN2/c21-18-12-7-13-19(22)17(18)14-23-24-20(15-8-3-1-4-9-15)16-10-5-2-6-11-16/h1-14H/b23-14+. The van der Waals surface area contributed by atoms with Crippen molar-refractivity contribution in [2.45, 2.75) is 0 Å². The van der Waals surface area contributed by atoms with Crippen molar-refractivity contribution in [3.8, 4) is 0 Å². The lowest BCUT2D eigenvalue weighted by Crippen LogP contribution is -2.02. The Kier molecular flexibility index (Phi) is 5.14. The van der Waals surface area contributed by atoms with Gasteiger partial charge in [0.2, 0.25) is 0 Å². The van der Waals surface area contributed by atoms with E-state index < -0.39 is 5.82 Å². The number of rotatable bonds is 4. The second-order valence-electron chi connectivity index (χ2n) is 5.06. The van der Waals surface area contributed by atoms with Gasteiger partial charge in [-0.25, -0.2) is 4.39 Å². The Hall–Kier alpha value is -2.78. The molecular weight excluding hydrogens is 323 g/mol. The number of hydrogen-bond donors (Lipinski definition) is 0. The van der Waals surface area contributed by atoms with Crippen LogP contribution in [0, 0.1) is 5.82 Å². The second-order valence-corrected chi connectivity index (χ2v) is 5.47. The minimum absolute atomic E-state index is 0.225. The molecule has 3 aromatic carbocycles. The lowest BCUT2D eigenvalue weighted by Gasteiger charge is -2.05. The molecule has 24 heavy (non-hydrogen) atoms. The van der Waals surface area contributed by atoms with Gasteiger partial charge >= 0.3 is 0 Å². The molecule has 3 aromatic rings. The van der Waals surface area contributed by atoms with Crippen LogP contribution in [0.15, 0.2) is 89.1 Å². The van der Waals surface area contributed by atoms with Gasteiger partial charge in [0.1, 0.15) is 11.5 Å². The van der Waals surface area contributed by atoms with Gasteiger partial charge in [-0.05, 0) is 12.1 Å². The molecule has 0 aliphatic rings. The van der Waals surface area contributed by atoms with Crippen LogP contribution >= 0.6 is 11.6 Å². The summed E-state index contributed by atoms with van der Waals surface area (Å²) in [7, 11) is 0. The van der Waals surface area contributed by atoms with Crippen molar-refractivity contribution in [3.05, 3.63) is 106 Å². The minimum Gasteiger partial charge on any atom is -0.206 e. The first-order valence-corrected chi connectivity index (χ1v) is 7.79. The Balaban J connectivity index is 2.00. The zero-order valence-corrected chi connectivity index (χ0v) is 13.5. The molecule has 0 bridgehead atoms. The topological polar surface area (TPSA) is 24.7 Å². The van der Waals surface area contributed by atoms with Crippen LogP contribution in [0.4, 0.5) is 4.39 Å². The zero-order valence-electron chi connectivity index (χ0n) is 12.7. The van der Waals surface area contributed by atoms with Gasteiger partial charge in [-0.3, -0.25) is 0 Å². The van der Waals surface area contributed by atoms with Crippen LogP contribution < -0.4 is 0 Å². The third-order valence-corrected chi connectivity index (χ3v) is 3.77. The average molecular weight is 337 g/mol. The molecule has 0 aliphatic carbocycles. The molecule has 0 spiro atoms. The molecule has 0 N–H and O–H groups in total. The van der Waals surface area contributed by atoms with Gasteiger partial charge < -0.3 is 0 Å². The van der Waals surface area contributed by atoms with E-state index in [2.05, 4.69) is 10.2 Å². The number of nitrogens with zero attached hydrogens (tertiary/aromatic N) is 2. The molecule has 0 unspecified atom stereocenters. The van der Waals surface area contributed by atoms with Gasteiger partial charge in [0.05, 0.1) is 11.2 Å². The Morgan fingerprint density at radius 3 is 1.92 bits per heavy atom. The molecule has 0 heterocycles. The third kappa shape index (κ3) is 3.76. The van der Waals surface area contributed by atoms with Crippen molar-refractivity contribution >= 4 is 23.5 Å². The molecule has 0 amide bonds. The van der Waals surface area contributed by atoms with Crippen LogP contribution in [0.1, 0.15) is 16.7 Å². The summed E-state index contributed by atoms with van der Waals surface area (Å²) in [5, 5.41) is 8.66. The zero-order chi connectivity index (χ0) is 16.8. The highest BCUT2D eigenvalue weighted by Crippen LogP contribution is 2.17. The largest absolute Gasteiger partial charge is 0.206 e. The third-order valence-electron chi connectivity index (χ3n) is 3.44. The van der Waals surface area contributed by atoms with Crippen molar-refractivity contribution in [3.63, 3.8) is 0 Å². The highest BCUT2D eigenvalue weighted by Gasteiger charge is 2.07. The summed E-state index contributed by atoms with van der Waals surface area (Å²) < 4.78 is 13.8. The summed E-state index contributed by atoms with van der Waals surface area (Å²) >= 11 is 6.00. The van der Waals surface area contributed by atoms with E-state index in [4.69, 9.17) is 11.6 Å². The van der Waals surface area contributed by atoms with E-state index >= 15 is 0 Å². The second kappa shape index (κ2) is 7.66. The summed E-state index contributed by atoms with van der Waals surface area (Å²) in [6.07, 6.45) is 1.34. The molecule has 0 atom stereocenters. The monoisotopic (exact) mass is 336 g/mol. The van der Waals surface area contributed by atoms with Gasteiger partial charge in [-0.15, -0.1) is 5.10 Å². The lowest BCUT2D eigenvalue weighted by molar-refractivity contribution is 0.626. The van der Waals surface area contributed by atoms with Gasteiger partial charge in [0.25, 0.3) is 0 Å². The summed E-state index contributed by atoms with van der Waals surface area (Å²) in [5.41, 5.74) is 2.80. The molecular formula is C20H14ClFN2. The van der Waals surface area contributed by atoms with Crippen molar-refractivity contribution in [1.82, 2.24) is 0 Å². The van der Waals surface area contributed by atoms with E-state index in [0.717, 1.165) is 11.1 Å². The van der Waals surface area contributed by atoms with E-state index in [0.29, 0.717) is 10.7 Å². The van der Waals surface area contributed by atoms with Gasteiger partial charge in [0.15, 0.2) is 0 Å². The van der Waals surface area contributed by atoms with Crippen molar-refractivity contribution in [1.29, 1.82) is 0 Å². The van der Waals surface area contributed by atoms with Crippen LogP contribution in [0.2, 0.25) is 5.02 Å². The predicted octanol–water partition coefficient (Wildman–Crippen LogP) is 5.35. The van der Waals surface area contributed by atoms with Crippen molar-refractivity contribution < 1.29 is 4.39 Å². The molecule has 0 saturated carbocycles. The molecule has 0 saturated heterocycles. The average Bonchev–Trinajstić information content (AvgIpc) is 2.62. The summed E-state index contributed by atoms with van der Waals surface area (Å²) in [5.74, 6) is -0.428. The number of hydrogen-bond acceptors (Lipinski definition) is 2. The van der Waals surface area contributed by atoms with Gasteiger partial charge in [-0.2, -0.15) is 5.10 Å². The Morgan fingerprint density at radius 1 is 0.792 bits per heavy atom. The number of halogens is 2. The molecule has 4 heteroatoms. The SMILES string of the molecule is Fc1cccc(Cl)c1/C=N/N=C(c1ccccc1)c1ccccc1. The fourth-order valence-electron chi connectivity index (χ4n) is 2.25. The summed E-state index contributed by atoms with van der Waals surface area (Å²) in [4.78, 5) is 0. The smallest absolute Gasteiger partial charge is 0.133 e. The molecule has 2 nitrogen and oxygen atoms in total. The normalized spacial score (nSPS) is 10.8. The van der Waals surface area contributed by atoms with Crippen LogP contribution in [0.5, 0.6) is 0 Å². The summed E-state index contributed by atoms with van der Waals surface area (Å²) in [6.45, 7) is 0. The Bertz CT molecular complexity index is 813. The first-order chi connectivity index (χ1) is 11.8. The molecule has 0 radical (unpaired) electrons. The van der Waals surface area contributed by atoms with Crippen LogP contribution in [0.3, 0.4) is 0 Å². The molecule has 0 aliphatic heterocycles. The van der Waals surface area contributed by atoms with E-state index in [1.165, 1.54) is 12.3 Å². The first kappa shape index (κ1) is 16.1. The van der Waals surface area contributed by atoms with Gasteiger partial charge in [0, 0.05) is 16.7 Å². The fraction of sp³-hybridized carbons (Fsp3) is 0. The maximum Gasteiger partial charge on any atom is 0.133 e. The van der Waals surface area contributed by atoms with Crippen LogP contribution in [-0.4, -0.2) is 11.9 Å².